The second kappa shape index (κ2) is 6.83. The summed E-state index contributed by atoms with van der Waals surface area (Å²) in [6.07, 6.45) is 5.54. The van der Waals surface area contributed by atoms with Crippen molar-refractivity contribution in [3.8, 4) is 22.6 Å². The van der Waals surface area contributed by atoms with Gasteiger partial charge in [0.1, 0.15) is 5.69 Å². The SMILES string of the molecule is CCC(=O)Nc1cncc(-c2ccc3[nH]nc(-c4nc5ncccc5[nH]4)c3c2)c1. The monoisotopic (exact) mass is 383 g/mol. The molecule has 29 heavy (non-hydrogen) atoms. The number of hydrogen-bond acceptors (Lipinski definition) is 5. The molecule has 5 aromatic rings. The van der Waals surface area contributed by atoms with Crippen LogP contribution in [0, 0.1) is 0 Å². The molecule has 0 aliphatic carbocycles. The zero-order valence-corrected chi connectivity index (χ0v) is 15.6. The maximum absolute atomic E-state index is 11.7. The van der Waals surface area contributed by atoms with Crippen molar-refractivity contribution in [1.29, 1.82) is 0 Å². The summed E-state index contributed by atoms with van der Waals surface area (Å²) in [5.74, 6) is 0.610. The highest BCUT2D eigenvalue weighted by Crippen LogP contribution is 2.30. The highest BCUT2D eigenvalue weighted by molar-refractivity contribution is 5.96. The zero-order valence-electron chi connectivity index (χ0n) is 15.6. The number of carbonyl (C=O) groups is 1. The Balaban J connectivity index is 1.58. The van der Waals surface area contributed by atoms with Crippen LogP contribution in [-0.2, 0) is 4.79 Å². The zero-order chi connectivity index (χ0) is 19.8. The van der Waals surface area contributed by atoms with Gasteiger partial charge in [-0.1, -0.05) is 13.0 Å². The molecule has 8 nitrogen and oxygen atoms in total. The predicted octanol–water partition coefficient (Wildman–Crippen LogP) is 3.91. The van der Waals surface area contributed by atoms with Crippen molar-refractivity contribution in [3.63, 3.8) is 0 Å². The van der Waals surface area contributed by atoms with Crippen molar-refractivity contribution in [3.05, 3.63) is 55.0 Å². The minimum atomic E-state index is -0.0463. The van der Waals surface area contributed by atoms with E-state index in [2.05, 4.69) is 35.5 Å². The van der Waals surface area contributed by atoms with E-state index in [1.807, 2.05) is 43.3 Å². The molecule has 0 aliphatic rings. The summed E-state index contributed by atoms with van der Waals surface area (Å²) >= 11 is 0. The van der Waals surface area contributed by atoms with Gasteiger partial charge < -0.3 is 10.3 Å². The standard InChI is InChI=1S/C21H17N7O/c1-2-18(29)24-14-8-13(10-22-11-14)12-5-6-16-15(9-12)19(28-27-16)21-25-17-4-3-7-23-20(17)26-21/h3-11H,2H2,1H3,(H,24,29)(H,27,28)(H,23,25,26). The summed E-state index contributed by atoms with van der Waals surface area (Å²) in [7, 11) is 0. The highest BCUT2D eigenvalue weighted by Gasteiger charge is 2.14. The fraction of sp³-hybridized carbons (Fsp3) is 0.0952. The Kier molecular flexibility index (Phi) is 4.02. The fourth-order valence-electron chi connectivity index (χ4n) is 3.25. The molecule has 0 spiro atoms. The lowest BCUT2D eigenvalue weighted by molar-refractivity contribution is -0.115. The second-order valence-corrected chi connectivity index (χ2v) is 6.66. The van der Waals surface area contributed by atoms with E-state index in [1.165, 1.54) is 0 Å². The molecule has 4 heterocycles. The van der Waals surface area contributed by atoms with Gasteiger partial charge in [-0.3, -0.25) is 14.9 Å². The van der Waals surface area contributed by atoms with E-state index in [0.29, 0.717) is 23.6 Å². The van der Waals surface area contributed by atoms with Crippen molar-refractivity contribution in [2.24, 2.45) is 0 Å². The van der Waals surface area contributed by atoms with Gasteiger partial charge in [0.05, 0.1) is 22.9 Å². The molecule has 142 valence electrons. The topological polar surface area (TPSA) is 112 Å². The average Bonchev–Trinajstić information content (AvgIpc) is 3.37. The van der Waals surface area contributed by atoms with Crippen molar-refractivity contribution < 1.29 is 4.79 Å². The molecular weight excluding hydrogens is 366 g/mol. The number of anilines is 1. The Labute approximate surface area is 165 Å². The lowest BCUT2D eigenvalue weighted by Crippen LogP contribution is -2.09. The van der Waals surface area contributed by atoms with E-state index in [0.717, 1.165) is 33.2 Å². The Bertz CT molecular complexity index is 1320. The number of imidazole rings is 1. The largest absolute Gasteiger partial charge is 0.335 e. The first-order valence-corrected chi connectivity index (χ1v) is 9.26. The number of hydrogen-bond donors (Lipinski definition) is 3. The number of fused-ring (bicyclic) bond motifs is 2. The van der Waals surface area contributed by atoms with E-state index >= 15 is 0 Å². The number of H-pyrrole nitrogens is 2. The number of aromatic amines is 2. The van der Waals surface area contributed by atoms with Crippen LogP contribution in [0.5, 0.6) is 0 Å². The number of nitrogens with zero attached hydrogens (tertiary/aromatic N) is 4. The van der Waals surface area contributed by atoms with Gasteiger partial charge in [-0.25, -0.2) is 9.97 Å². The molecule has 0 bridgehead atoms. The number of nitrogens with one attached hydrogen (secondary N) is 3. The average molecular weight is 383 g/mol. The molecule has 0 unspecified atom stereocenters. The number of pyridine rings is 2. The second-order valence-electron chi connectivity index (χ2n) is 6.66. The molecule has 4 aromatic heterocycles. The lowest BCUT2D eigenvalue weighted by atomic mass is 10.0. The molecule has 0 saturated heterocycles. The third-order valence-corrected chi connectivity index (χ3v) is 4.72. The predicted molar refractivity (Wildman–Crippen MR) is 111 cm³/mol. The minimum absolute atomic E-state index is 0.0463. The van der Waals surface area contributed by atoms with Crippen molar-refractivity contribution in [1.82, 2.24) is 30.1 Å². The highest BCUT2D eigenvalue weighted by atomic mass is 16.1. The third-order valence-electron chi connectivity index (χ3n) is 4.72. The van der Waals surface area contributed by atoms with E-state index in [-0.39, 0.29) is 5.91 Å². The summed E-state index contributed by atoms with van der Waals surface area (Å²) in [5, 5.41) is 11.3. The van der Waals surface area contributed by atoms with Crippen LogP contribution in [0.1, 0.15) is 13.3 Å². The lowest BCUT2D eigenvalue weighted by Gasteiger charge is -2.06. The van der Waals surface area contributed by atoms with Crippen LogP contribution in [-0.4, -0.2) is 36.0 Å². The Morgan fingerprint density at radius 2 is 2.03 bits per heavy atom. The van der Waals surface area contributed by atoms with Crippen LogP contribution in [0.25, 0.3) is 44.7 Å². The molecular formula is C21H17N7O. The quantitative estimate of drug-likeness (QED) is 0.435. The smallest absolute Gasteiger partial charge is 0.224 e. The normalized spacial score (nSPS) is 11.2. The van der Waals surface area contributed by atoms with Gasteiger partial charge in [-0.15, -0.1) is 0 Å². The van der Waals surface area contributed by atoms with Gasteiger partial charge in [-0.2, -0.15) is 5.10 Å². The maximum Gasteiger partial charge on any atom is 0.224 e. The van der Waals surface area contributed by atoms with Crippen LogP contribution in [0.4, 0.5) is 5.69 Å². The van der Waals surface area contributed by atoms with Gasteiger partial charge in [0.25, 0.3) is 0 Å². The molecule has 5 rings (SSSR count). The van der Waals surface area contributed by atoms with E-state index in [1.54, 1.807) is 18.6 Å². The number of carbonyl (C=O) groups excluding carboxylic acids is 1. The first kappa shape index (κ1) is 17.1. The van der Waals surface area contributed by atoms with Crippen LogP contribution in [0.2, 0.25) is 0 Å². The summed E-state index contributed by atoms with van der Waals surface area (Å²) in [5.41, 5.74) is 5.68. The molecule has 0 saturated carbocycles. The van der Waals surface area contributed by atoms with Crippen LogP contribution in [0.3, 0.4) is 0 Å². The number of rotatable bonds is 4. The van der Waals surface area contributed by atoms with Crippen molar-refractivity contribution in [2.75, 3.05) is 5.32 Å². The van der Waals surface area contributed by atoms with Gasteiger partial charge in [0.2, 0.25) is 5.91 Å². The fourth-order valence-corrected chi connectivity index (χ4v) is 3.25. The molecule has 0 atom stereocenters. The summed E-state index contributed by atoms with van der Waals surface area (Å²) in [6.45, 7) is 1.81. The number of amides is 1. The maximum atomic E-state index is 11.7. The molecule has 1 amide bonds. The van der Waals surface area contributed by atoms with Gasteiger partial charge >= 0.3 is 0 Å². The van der Waals surface area contributed by atoms with Gasteiger partial charge in [-0.05, 0) is 35.9 Å². The van der Waals surface area contributed by atoms with Crippen molar-refractivity contribution >= 4 is 33.7 Å². The Hall–Kier alpha value is -4.07. The third kappa shape index (κ3) is 3.10. The van der Waals surface area contributed by atoms with Gasteiger partial charge in [0, 0.05) is 29.8 Å². The van der Waals surface area contributed by atoms with E-state index in [4.69, 9.17) is 0 Å². The molecule has 8 heteroatoms. The minimum Gasteiger partial charge on any atom is -0.335 e. The van der Waals surface area contributed by atoms with Crippen LogP contribution >= 0.6 is 0 Å². The summed E-state index contributed by atoms with van der Waals surface area (Å²) in [6, 6.07) is 11.7. The van der Waals surface area contributed by atoms with E-state index in [9.17, 15) is 4.79 Å². The first-order valence-electron chi connectivity index (χ1n) is 9.26. The molecule has 1 aromatic carbocycles. The van der Waals surface area contributed by atoms with E-state index < -0.39 is 0 Å². The molecule has 0 fully saturated rings. The molecule has 0 radical (unpaired) electrons. The van der Waals surface area contributed by atoms with Crippen molar-refractivity contribution in [2.45, 2.75) is 13.3 Å². The Morgan fingerprint density at radius 3 is 2.90 bits per heavy atom. The van der Waals surface area contributed by atoms with Gasteiger partial charge in [0.15, 0.2) is 11.5 Å². The number of benzene rings is 1. The molecule has 3 N–H and O–H groups in total. The van der Waals surface area contributed by atoms with Crippen LogP contribution in [0.15, 0.2) is 55.0 Å². The summed E-state index contributed by atoms with van der Waals surface area (Å²) in [4.78, 5) is 28.0. The Morgan fingerprint density at radius 1 is 1.10 bits per heavy atom. The molecule has 0 aliphatic heterocycles. The first-order chi connectivity index (χ1) is 14.2. The number of aromatic nitrogens is 6. The summed E-state index contributed by atoms with van der Waals surface area (Å²) < 4.78 is 0. The van der Waals surface area contributed by atoms with Crippen LogP contribution < -0.4 is 5.32 Å².